The van der Waals surface area contributed by atoms with Crippen LogP contribution >= 0.6 is 12.4 Å². The lowest BCUT2D eigenvalue weighted by Gasteiger charge is -2.13. The maximum absolute atomic E-state index is 14.1. The standard InChI is InChI=1S/C18H22FN5O.ClH/c1-12(2)17-22-16(18(25)21-11-13-7-9-20-10-8-13)23-24(17)15-6-4-3-5-14(15)19;/h3-7,12,20H,8-11H2,1-2H3,(H,21,25);1H. The van der Waals surface area contributed by atoms with Crippen molar-refractivity contribution < 1.29 is 9.18 Å². The molecule has 0 bridgehead atoms. The number of nitrogens with zero attached hydrogens (tertiary/aromatic N) is 3. The van der Waals surface area contributed by atoms with Crippen LogP contribution in [0.15, 0.2) is 35.9 Å². The largest absolute Gasteiger partial charge is 0.346 e. The first kappa shape index (κ1) is 20.1. The van der Waals surface area contributed by atoms with Gasteiger partial charge in [-0.1, -0.05) is 37.6 Å². The smallest absolute Gasteiger partial charge is 0.291 e. The molecular formula is C18H23ClFN5O. The van der Waals surface area contributed by atoms with Crippen molar-refractivity contribution in [2.75, 3.05) is 19.6 Å². The summed E-state index contributed by atoms with van der Waals surface area (Å²) in [5.74, 6) is -0.142. The third kappa shape index (κ3) is 4.47. The molecule has 2 aromatic rings. The summed E-state index contributed by atoms with van der Waals surface area (Å²) in [6.45, 7) is 6.08. The van der Waals surface area contributed by atoms with Crippen molar-refractivity contribution in [3.8, 4) is 5.69 Å². The van der Waals surface area contributed by atoms with Crippen molar-refractivity contribution >= 4 is 18.3 Å². The normalized spacial score (nSPS) is 13.9. The van der Waals surface area contributed by atoms with E-state index in [1.807, 2.05) is 13.8 Å². The van der Waals surface area contributed by atoms with Crippen LogP contribution in [0.1, 0.15) is 42.6 Å². The van der Waals surface area contributed by atoms with Gasteiger partial charge in [0.1, 0.15) is 17.3 Å². The van der Waals surface area contributed by atoms with Crippen molar-refractivity contribution in [2.24, 2.45) is 0 Å². The van der Waals surface area contributed by atoms with Crippen molar-refractivity contribution in [2.45, 2.75) is 26.2 Å². The number of carbonyl (C=O) groups is 1. The predicted molar refractivity (Wildman–Crippen MR) is 101 cm³/mol. The lowest BCUT2D eigenvalue weighted by atomic mass is 10.1. The minimum Gasteiger partial charge on any atom is -0.346 e. The topological polar surface area (TPSA) is 71.8 Å². The molecule has 2 heterocycles. The Morgan fingerprint density at radius 3 is 2.81 bits per heavy atom. The van der Waals surface area contributed by atoms with Gasteiger partial charge >= 0.3 is 0 Å². The van der Waals surface area contributed by atoms with Gasteiger partial charge in [-0.2, -0.15) is 0 Å². The van der Waals surface area contributed by atoms with E-state index in [0.29, 0.717) is 18.1 Å². The second-order valence-electron chi connectivity index (χ2n) is 6.31. The molecule has 8 heteroatoms. The Balaban J connectivity index is 0.00000243. The van der Waals surface area contributed by atoms with E-state index in [1.165, 1.54) is 16.3 Å². The quantitative estimate of drug-likeness (QED) is 0.783. The highest BCUT2D eigenvalue weighted by Crippen LogP contribution is 2.19. The zero-order valence-electron chi connectivity index (χ0n) is 14.8. The Kier molecular flexibility index (Phi) is 6.88. The van der Waals surface area contributed by atoms with E-state index in [4.69, 9.17) is 0 Å². The Hall–Kier alpha value is -2.25. The SMILES string of the molecule is CC(C)c1nc(C(=O)NCC2=CCNCC2)nn1-c1ccccc1F.Cl. The molecule has 1 amide bonds. The lowest BCUT2D eigenvalue weighted by molar-refractivity contribution is 0.0946. The van der Waals surface area contributed by atoms with E-state index in [1.54, 1.807) is 18.2 Å². The van der Waals surface area contributed by atoms with Gasteiger partial charge in [0.15, 0.2) is 0 Å². The summed E-state index contributed by atoms with van der Waals surface area (Å²) in [6, 6.07) is 6.33. The molecule has 0 saturated carbocycles. The molecule has 26 heavy (non-hydrogen) atoms. The molecule has 2 N–H and O–H groups in total. The van der Waals surface area contributed by atoms with Crippen LogP contribution in [0.2, 0.25) is 0 Å². The average Bonchev–Trinajstić information content (AvgIpc) is 3.06. The maximum Gasteiger partial charge on any atom is 0.291 e. The minimum atomic E-state index is -0.402. The van der Waals surface area contributed by atoms with E-state index < -0.39 is 5.82 Å². The van der Waals surface area contributed by atoms with Crippen LogP contribution in [0.5, 0.6) is 0 Å². The van der Waals surface area contributed by atoms with Crippen LogP contribution in [-0.2, 0) is 0 Å². The second kappa shape index (κ2) is 8.91. The molecule has 1 aliphatic rings. The number of para-hydroxylation sites is 1. The third-order valence-corrected chi connectivity index (χ3v) is 4.07. The average molecular weight is 380 g/mol. The molecule has 0 saturated heterocycles. The van der Waals surface area contributed by atoms with E-state index in [0.717, 1.165) is 19.5 Å². The van der Waals surface area contributed by atoms with Crippen LogP contribution in [-0.4, -0.2) is 40.3 Å². The molecular weight excluding hydrogens is 357 g/mol. The first-order valence-electron chi connectivity index (χ1n) is 8.45. The number of halogens is 2. The molecule has 3 rings (SSSR count). The van der Waals surface area contributed by atoms with Gasteiger partial charge < -0.3 is 10.6 Å². The highest BCUT2D eigenvalue weighted by Gasteiger charge is 2.21. The molecule has 0 atom stereocenters. The second-order valence-corrected chi connectivity index (χ2v) is 6.31. The molecule has 0 unspecified atom stereocenters. The predicted octanol–water partition coefficient (Wildman–Crippen LogP) is 2.60. The maximum atomic E-state index is 14.1. The van der Waals surface area contributed by atoms with Gasteiger partial charge in [0, 0.05) is 19.0 Å². The molecule has 140 valence electrons. The number of nitrogens with one attached hydrogen (secondary N) is 2. The third-order valence-electron chi connectivity index (χ3n) is 4.07. The van der Waals surface area contributed by atoms with Gasteiger partial charge in [0.25, 0.3) is 5.91 Å². The van der Waals surface area contributed by atoms with Crippen molar-refractivity contribution in [1.82, 2.24) is 25.4 Å². The molecule has 1 aromatic carbocycles. The van der Waals surface area contributed by atoms with Crippen LogP contribution in [0.4, 0.5) is 4.39 Å². The minimum absolute atomic E-state index is 0. The molecule has 0 fully saturated rings. The summed E-state index contributed by atoms with van der Waals surface area (Å²) in [6.07, 6.45) is 2.99. The highest BCUT2D eigenvalue weighted by molar-refractivity contribution is 5.90. The van der Waals surface area contributed by atoms with E-state index in [-0.39, 0.29) is 30.1 Å². The zero-order valence-corrected chi connectivity index (χ0v) is 15.6. The fraction of sp³-hybridized carbons (Fsp3) is 0.389. The van der Waals surface area contributed by atoms with E-state index in [9.17, 15) is 9.18 Å². The zero-order chi connectivity index (χ0) is 17.8. The summed E-state index contributed by atoms with van der Waals surface area (Å²) in [4.78, 5) is 16.7. The fourth-order valence-corrected chi connectivity index (χ4v) is 2.70. The Morgan fingerprint density at radius 1 is 1.38 bits per heavy atom. The number of hydrogen-bond acceptors (Lipinski definition) is 4. The van der Waals surface area contributed by atoms with Crippen molar-refractivity contribution in [3.63, 3.8) is 0 Å². The van der Waals surface area contributed by atoms with Crippen LogP contribution in [0.3, 0.4) is 0 Å². The number of rotatable bonds is 5. The molecule has 6 nitrogen and oxygen atoms in total. The number of hydrogen-bond donors (Lipinski definition) is 2. The first-order valence-corrected chi connectivity index (χ1v) is 8.45. The van der Waals surface area contributed by atoms with Crippen molar-refractivity contribution in [3.05, 3.63) is 53.4 Å². The first-order chi connectivity index (χ1) is 12.1. The Labute approximate surface area is 158 Å². The summed E-state index contributed by atoms with van der Waals surface area (Å²) in [5, 5.41) is 10.3. The van der Waals surface area contributed by atoms with Gasteiger partial charge in [-0.25, -0.2) is 14.1 Å². The summed E-state index contributed by atoms with van der Waals surface area (Å²) >= 11 is 0. The molecule has 1 aromatic heterocycles. The van der Waals surface area contributed by atoms with E-state index in [2.05, 4.69) is 26.8 Å². The molecule has 0 aliphatic carbocycles. The summed E-state index contributed by atoms with van der Waals surface area (Å²) in [5.41, 5.74) is 1.48. The monoisotopic (exact) mass is 379 g/mol. The summed E-state index contributed by atoms with van der Waals surface area (Å²) < 4.78 is 15.5. The van der Waals surface area contributed by atoms with Crippen LogP contribution in [0, 0.1) is 5.82 Å². The molecule has 1 aliphatic heterocycles. The highest BCUT2D eigenvalue weighted by atomic mass is 35.5. The lowest BCUT2D eigenvalue weighted by Crippen LogP contribution is -2.30. The van der Waals surface area contributed by atoms with Gasteiger partial charge in [-0.05, 0) is 25.1 Å². The van der Waals surface area contributed by atoms with Crippen LogP contribution < -0.4 is 10.6 Å². The van der Waals surface area contributed by atoms with Gasteiger partial charge in [-0.15, -0.1) is 17.5 Å². The molecule has 0 radical (unpaired) electrons. The van der Waals surface area contributed by atoms with Gasteiger partial charge in [0.05, 0.1) is 0 Å². The van der Waals surface area contributed by atoms with E-state index >= 15 is 0 Å². The number of aromatic nitrogens is 3. The number of benzene rings is 1. The van der Waals surface area contributed by atoms with Crippen LogP contribution in [0.25, 0.3) is 5.69 Å². The summed E-state index contributed by atoms with van der Waals surface area (Å²) in [7, 11) is 0. The Morgan fingerprint density at radius 2 is 2.15 bits per heavy atom. The Bertz CT molecular complexity index is 803. The van der Waals surface area contributed by atoms with Gasteiger partial charge in [-0.3, -0.25) is 4.79 Å². The number of carbonyl (C=O) groups excluding carboxylic acids is 1. The van der Waals surface area contributed by atoms with Gasteiger partial charge in [0.2, 0.25) is 5.82 Å². The fourth-order valence-electron chi connectivity index (χ4n) is 2.70. The molecule has 0 spiro atoms. The number of amides is 1. The van der Waals surface area contributed by atoms with Crippen molar-refractivity contribution in [1.29, 1.82) is 0 Å².